The van der Waals surface area contributed by atoms with E-state index < -0.39 is 0 Å². The molecule has 4 heteroatoms. The Morgan fingerprint density at radius 2 is 2.29 bits per heavy atom. The van der Waals surface area contributed by atoms with Gasteiger partial charge in [0.2, 0.25) is 0 Å². The zero-order valence-electron chi connectivity index (χ0n) is 12.8. The number of carbonyl (C=O) groups excluding carboxylic acids is 1. The summed E-state index contributed by atoms with van der Waals surface area (Å²) in [5.74, 6) is 0.607. The second kappa shape index (κ2) is 6.06. The standard InChI is InChI=1S/C17H23NO3/c1-3-18-9-5-4-6-16(18)12(2)21-14-7-8-15-13(10-14)11-20-17(15)19/h7-8,10,12,16H,3-6,9,11H2,1-2H3/t12-,16?/m1/s1. The number of fused-ring (bicyclic) bond motifs is 1. The predicted molar refractivity (Wildman–Crippen MR) is 80.5 cm³/mol. The monoisotopic (exact) mass is 289 g/mol. The van der Waals surface area contributed by atoms with Gasteiger partial charge in [0.25, 0.3) is 0 Å². The number of nitrogens with zero attached hydrogens (tertiary/aromatic N) is 1. The number of benzene rings is 1. The van der Waals surface area contributed by atoms with Crippen LogP contribution < -0.4 is 4.74 Å². The minimum Gasteiger partial charge on any atom is -0.489 e. The quantitative estimate of drug-likeness (QED) is 0.799. The first-order valence-corrected chi connectivity index (χ1v) is 7.90. The lowest BCUT2D eigenvalue weighted by molar-refractivity contribution is 0.0529. The number of hydrogen-bond acceptors (Lipinski definition) is 4. The molecule has 0 bridgehead atoms. The van der Waals surface area contributed by atoms with E-state index >= 15 is 0 Å². The van der Waals surface area contributed by atoms with Gasteiger partial charge in [-0.3, -0.25) is 4.90 Å². The van der Waals surface area contributed by atoms with Crippen LogP contribution in [0.15, 0.2) is 18.2 Å². The molecular formula is C17H23NO3. The third-order valence-electron chi connectivity index (χ3n) is 4.59. The fraction of sp³-hybridized carbons (Fsp3) is 0.588. The van der Waals surface area contributed by atoms with Crippen LogP contribution in [0.1, 0.15) is 49.0 Å². The maximum absolute atomic E-state index is 11.5. The first-order valence-electron chi connectivity index (χ1n) is 7.90. The smallest absolute Gasteiger partial charge is 0.338 e. The van der Waals surface area contributed by atoms with Crippen LogP contribution in [-0.4, -0.2) is 36.1 Å². The van der Waals surface area contributed by atoms with Crippen LogP contribution in [0.2, 0.25) is 0 Å². The number of carbonyl (C=O) groups is 1. The van der Waals surface area contributed by atoms with Crippen molar-refractivity contribution in [2.24, 2.45) is 0 Å². The second-order valence-corrected chi connectivity index (χ2v) is 5.91. The molecule has 0 N–H and O–H groups in total. The number of likely N-dealkylation sites (N-methyl/N-ethyl adjacent to an activating group) is 1. The molecule has 0 aliphatic carbocycles. The molecule has 0 saturated carbocycles. The fourth-order valence-electron chi connectivity index (χ4n) is 3.42. The maximum atomic E-state index is 11.5. The van der Waals surface area contributed by atoms with Gasteiger partial charge < -0.3 is 9.47 Å². The minimum atomic E-state index is -0.228. The van der Waals surface area contributed by atoms with Crippen molar-refractivity contribution in [3.05, 3.63) is 29.3 Å². The summed E-state index contributed by atoms with van der Waals surface area (Å²) in [6.45, 7) is 6.97. The lowest BCUT2D eigenvalue weighted by atomic mass is 9.98. The first-order chi connectivity index (χ1) is 10.2. The van der Waals surface area contributed by atoms with Gasteiger partial charge >= 0.3 is 5.97 Å². The first kappa shape index (κ1) is 14.4. The molecule has 0 radical (unpaired) electrons. The van der Waals surface area contributed by atoms with E-state index in [0.717, 1.165) is 17.9 Å². The average Bonchev–Trinajstić information content (AvgIpc) is 2.88. The Morgan fingerprint density at radius 3 is 3.10 bits per heavy atom. The maximum Gasteiger partial charge on any atom is 0.338 e. The van der Waals surface area contributed by atoms with E-state index in [0.29, 0.717) is 18.2 Å². The molecule has 1 saturated heterocycles. The highest BCUT2D eigenvalue weighted by atomic mass is 16.5. The van der Waals surface area contributed by atoms with Crippen LogP contribution in [0.3, 0.4) is 0 Å². The molecule has 1 fully saturated rings. The van der Waals surface area contributed by atoms with Gasteiger partial charge in [-0.2, -0.15) is 0 Å². The molecule has 0 amide bonds. The molecular weight excluding hydrogens is 266 g/mol. The summed E-state index contributed by atoms with van der Waals surface area (Å²) in [5.41, 5.74) is 1.60. The molecule has 114 valence electrons. The Morgan fingerprint density at radius 1 is 1.43 bits per heavy atom. The number of hydrogen-bond donors (Lipinski definition) is 0. The summed E-state index contributed by atoms with van der Waals surface area (Å²) in [7, 11) is 0. The Bertz CT molecular complexity index is 529. The fourth-order valence-corrected chi connectivity index (χ4v) is 3.42. The summed E-state index contributed by atoms with van der Waals surface area (Å²) in [6.07, 6.45) is 3.92. The lowest BCUT2D eigenvalue weighted by Gasteiger charge is -2.38. The minimum absolute atomic E-state index is 0.154. The number of cyclic esters (lactones) is 1. The summed E-state index contributed by atoms with van der Waals surface area (Å²) < 4.78 is 11.2. The Kier molecular flexibility index (Phi) is 4.15. The summed E-state index contributed by atoms with van der Waals surface area (Å²) in [6, 6.07) is 6.11. The van der Waals surface area contributed by atoms with Gasteiger partial charge in [-0.1, -0.05) is 13.3 Å². The third-order valence-corrected chi connectivity index (χ3v) is 4.59. The number of piperidine rings is 1. The Labute approximate surface area is 126 Å². The van der Waals surface area contributed by atoms with Crippen LogP contribution >= 0.6 is 0 Å². The molecule has 2 aliphatic heterocycles. The summed E-state index contributed by atoms with van der Waals surface area (Å²) in [5, 5.41) is 0. The van der Waals surface area contributed by atoms with Crippen LogP contribution in [0, 0.1) is 0 Å². The van der Waals surface area contributed by atoms with Gasteiger partial charge in [-0.25, -0.2) is 4.79 Å². The molecule has 3 rings (SSSR count). The second-order valence-electron chi connectivity index (χ2n) is 5.91. The summed E-state index contributed by atoms with van der Waals surface area (Å²) >= 11 is 0. The molecule has 2 heterocycles. The molecule has 1 aromatic rings. The highest BCUT2D eigenvalue weighted by Crippen LogP contribution is 2.27. The molecule has 4 nitrogen and oxygen atoms in total. The van der Waals surface area contributed by atoms with Crippen molar-refractivity contribution in [1.29, 1.82) is 0 Å². The molecule has 21 heavy (non-hydrogen) atoms. The molecule has 2 atom stereocenters. The van der Waals surface area contributed by atoms with Crippen molar-refractivity contribution in [2.45, 2.75) is 51.9 Å². The van der Waals surface area contributed by atoms with Crippen LogP contribution in [0.5, 0.6) is 5.75 Å². The van der Waals surface area contributed by atoms with E-state index in [9.17, 15) is 4.79 Å². The van der Waals surface area contributed by atoms with Crippen molar-refractivity contribution < 1.29 is 14.3 Å². The van der Waals surface area contributed by atoms with Gasteiger partial charge in [-0.05, 0) is 51.1 Å². The Hall–Kier alpha value is -1.55. The predicted octanol–water partition coefficient (Wildman–Crippen LogP) is 3.00. The van der Waals surface area contributed by atoms with E-state index in [4.69, 9.17) is 9.47 Å². The van der Waals surface area contributed by atoms with Crippen LogP contribution in [0.25, 0.3) is 0 Å². The van der Waals surface area contributed by atoms with Crippen molar-refractivity contribution in [3.8, 4) is 5.75 Å². The molecule has 1 aromatic carbocycles. The van der Waals surface area contributed by atoms with E-state index in [-0.39, 0.29) is 12.1 Å². The highest BCUT2D eigenvalue weighted by molar-refractivity contribution is 5.93. The van der Waals surface area contributed by atoms with Crippen molar-refractivity contribution in [3.63, 3.8) is 0 Å². The van der Waals surface area contributed by atoms with Crippen molar-refractivity contribution >= 4 is 5.97 Å². The van der Waals surface area contributed by atoms with Gasteiger partial charge in [0.15, 0.2) is 0 Å². The molecule has 0 aromatic heterocycles. The normalized spacial score (nSPS) is 23.5. The van der Waals surface area contributed by atoms with Crippen LogP contribution in [-0.2, 0) is 11.3 Å². The number of esters is 1. The topological polar surface area (TPSA) is 38.8 Å². The third kappa shape index (κ3) is 2.91. The zero-order chi connectivity index (χ0) is 14.8. The average molecular weight is 289 g/mol. The number of likely N-dealkylation sites (tertiary alicyclic amines) is 1. The molecule has 0 spiro atoms. The molecule has 2 aliphatic rings. The zero-order valence-corrected chi connectivity index (χ0v) is 12.8. The number of ether oxygens (including phenoxy) is 2. The van der Waals surface area contributed by atoms with Gasteiger partial charge in [0.05, 0.1) is 5.56 Å². The van der Waals surface area contributed by atoms with Gasteiger partial charge in [-0.15, -0.1) is 0 Å². The van der Waals surface area contributed by atoms with Gasteiger partial charge in [0, 0.05) is 11.6 Å². The Balaban J connectivity index is 1.69. The largest absolute Gasteiger partial charge is 0.489 e. The molecule has 1 unspecified atom stereocenters. The van der Waals surface area contributed by atoms with Crippen LogP contribution in [0.4, 0.5) is 0 Å². The van der Waals surface area contributed by atoms with Crippen molar-refractivity contribution in [1.82, 2.24) is 4.90 Å². The van der Waals surface area contributed by atoms with E-state index in [1.807, 2.05) is 18.2 Å². The SMILES string of the molecule is CCN1CCCCC1[C@@H](C)Oc1ccc2c(c1)COC2=O. The van der Waals surface area contributed by atoms with Crippen molar-refractivity contribution in [2.75, 3.05) is 13.1 Å². The highest BCUT2D eigenvalue weighted by Gasteiger charge is 2.28. The van der Waals surface area contributed by atoms with E-state index in [2.05, 4.69) is 18.7 Å². The van der Waals surface area contributed by atoms with E-state index in [1.54, 1.807) is 0 Å². The van der Waals surface area contributed by atoms with E-state index in [1.165, 1.54) is 25.8 Å². The summed E-state index contributed by atoms with van der Waals surface area (Å²) in [4.78, 5) is 14.0. The van der Waals surface area contributed by atoms with Gasteiger partial charge in [0.1, 0.15) is 18.5 Å². The lowest BCUT2D eigenvalue weighted by Crippen LogP contribution is -2.47. The number of rotatable bonds is 4.